The van der Waals surface area contributed by atoms with E-state index in [2.05, 4.69) is 0 Å². The zero-order valence-electron chi connectivity index (χ0n) is 13.3. The van der Waals surface area contributed by atoms with Gasteiger partial charge in [-0.15, -0.1) is 0 Å². The molecule has 0 amide bonds. The number of rotatable bonds is 6. The number of alkyl halides is 3. The maximum Gasteiger partial charge on any atom is 0.454 e. The van der Waals surface area contributed by atoms with E-state index >= 15 is 0 Å². The fourth-order valence-corrected chi connectivity index (χ4v) is 2.32. The van der Waals surface area contributed by atoms with Crippen molar-refractivity contribution in [2.24, 2.45) is 0 Å². The highest BCUT2D eigenvalue weighted by Gasteiger charge is 2.41. The summed E-state index contributed by atoms with van der Waals surface area (Å²) in [5, 5.41) is 0. The third-order valence-electron chi connectivity index (χ3n) is 3.42. The number of hydrogen-bond donors (Lipinski definition) is 0. The van der Waals surface area contributed by atoms with Gasteiger partial charge in [0, 0.05) is 18.4 Å². The molecule has 0 bridgehead atoms. The number of hydrogen-bond acceptors (Lipinski definition) is 2. The predicted molar refractivity (Wildman–Crippen MR) is 89.6 cm³/mol. The van der Waals surface area contributed by atoms with Crippen molar-refractivity contribution in [1.82, 2.24) is 0 Å². The van der Waals surface area contributed by atoms with Gasteiger partial charge in [0.1, 0.15) is 0 Å². The zero-order chi connectivity index (χ0) is 17.6. The van der Waals surface area contributed by atoms with Crippen molar-refractivity contribution < 1.29 is 18.0 Å². The van der Waals surface area contributed by atoms with Crippen LogP contribution < -0.4 is 4.90 Å². The Labute approximate surface area is 139 Å². The molecule has 2 aromatic carbocycles. The Bertz CT molecular complexity index is 694. The second kappa shape index (κ2) is 7.81. The standard InChI is InChI=1S/C19H18F3NO/c1-2-13-23(16-11-7-4-8-12-16)14-17(18(24)19(20,21)22)15-9-5-3-6-10-15/h3-12,14H,2,13H2,1H3/b17-14-. The van der Waals surface area contributed by atoms with E-state index in [1.807, 2.05) is 13.0 Å². The summed E-state index contributed by atoms with van der Waals surface area (Å²) in [7, 11) is 0. The Morgan fingerprint density at radius 3 is 2.04 bits per heavy atom. The number of carbonyl (C=O) groups is 1. The highest BCUT2D eigenvalue weighted by molar-refractivity contribution is 6.23. The van der Waals surface area contributed by atoms with Crippen molar-refractivity contribution in [3.8, 4) is 0 Å². The van der Waals surface area contributed by atoms with Crippen molar-refractivity contribution >= 4 is 17.0 Å². The van der Waals surface area contributed by atoms with Crippen LogP contribution in [0, 0.1) is 0 Å². The van der Waals surface area contributed by atoms with Gasteiger partial charge in [-0.05, 0) is 24.1 Å². The monoisotopic (exact) mass is 333 g/mol. The summed E-state index contributed by atoms with van der Waals surface area (Å²) >= 11 is 0. The molecule has 0 unspecified atom stereocenters. The molecular formula is C19H18F3NO. The van der Waals surface area contributed by atoms with Crippen molar-refractivity contribution in [3.63, 3.8) is 0 Å². The Morgan fingerprint density at radius 2 is 1.54 bits per heavy atom. The normalized spacial score (nSPS) is 12.1. The van der Waals surface area contributed by atoms with Crippen LogP contribution in [-0.4, -0.2) is 18.5 Å². The number of anilines is 1. The largest absolute Gasteiger partial charge is 0.454 e. The van der Waals surface area contributed by atoms with Gasteiger partial charge in [0.2, 0.25) is 0 Å². The van der Waals surface area contributed by atoms with Gasteiger partial charge in [-0.2, -0.15) is 13.2 Å². The molecule has 0 saturated heterocycles. The van der Waals surface area contributed by atoms with Gasteiger partial charge >= 0.3 is 6.18 Å². The first-order valence-corrected chi connectivity index (χ1v) is 7.64. The Kier molecular flexibility index (Phi) is 5.79. The third-order valence-corrected chi connectivity index (χ3v) is 3.42. The first-order valence-electron chi connectivity index (χ1n) is 7.64. The van der Waals surface area contributed by atoms with E-state index in [1.54, 1.807) is 47.4 Å². The van der Waals surface area contributed by atoms with Crippen LogP contribution in [0.25, 0.3) is 5.57 Å². The van der Waals surface area contributed by atoms with Crippen LogP contribution in [0.3, 0.4) is 0 Å². The van der Waals surface area contributed by atoms with E-state index in [0.29, 0.717) is 6.54 Å². The minimum atomic E-state index is -4.92. The van der Waals surface area contributed by atoms with Gasteiger partial charge in [0.15, 0.2) is 0 Å². The van der Waals surface area contributed by atoms with Crippen LogP contribution >= 0.6 is 0 Å². The van der Waals surface area contributed by atoms with E-state index in [9.17, 15) is 18.0 Å². The minimum absolute atomic E-state index is 0.247. The second-order valence-corrected chi connectivity index (χ2v) is 5.26. The summed E-state index contributed by atoms with van der Waals surface area (Å²) < 4.78 is 39.0. The molecular weight excluding hydrogens is 315 g/mol. The maximum atomic E-state index is 13.0. The molecule has 5 heteroatoms. The van der Waals surface area contributed by atoms with E-state index in [4.69, 9.17) is 0 Å². The van der Waals surface area contributed by atoms with Crippen LogP contribution in [0.4, 0.5) is 18.9 Å². The van der Waals surface area contributed by atoms with Gasteiger partial charge < -0.3 is 4.90 Å². The van der Waals surface area contributed by atoms with E-state index in [1.165, 1.54) is 18.3 Å². The summed E-state index contributed by atoms with van der Waals surface area (Å²) in [6.07, 6.45) is -2.89. The molecule has 0 heterocycles. The molecule has 0 aromatic heterocycles. The van der Waals surface area contributed by atoms with Gasteiger partial charge in [0.25, 0.3) is 5.78 Å². The Morgan fingerprint density at radius 1 is 1.00 bits per heavy atom. The van der Waals surface area contributed by atoms with Crippen LogP contribution in [0.2, 0.25) is 0 Å². The topological polar surface area (TPSA) is 20.3 Å². The summed E-state index contributed by atoms with van der Waals surface area (Å²) in [5.41, 5.74) is 0.625. The van der Waals surface area contributed by atoms with Crippen LogP contribution in [-0.2, 0) is 4.79 Å². The average Bonchev–Trinajstić information content (AvgIpc) is 2.59. The van der Waals surface area contributed by atoms with Gasteiger partial charge in [-0.25, -0.2) is 0 Å². The lowest BCUT2D eigenvalue weighted by Crippen LogP contribution is -2.26. The molecule has 0 aliphatic carbocycles. The molecule has 0 saturated carbocycles. The van der Waals surface area contributed by atoms with Gasteiger partial charge in [-0.1, -0.05) is 55.5 Å². The number of allylic oxidation sites excluding steroid dienone is 1. The summed E-state index contributed by atoms with van der Waals surface area (Å²) in [5.74, 6) is -1.84. The Balaban J connectivity index is 2.51. The zero-order valence-corrected chi connectivity index (χ0v) is 13.3. The minimum Gasteiger partial charge on any atom is -0.347 e. The molecule has 24 heavy (non-hydrogen) atoms. The molecule has 2 rings (SSSR count). The highest BCUT2D eigenvalue weighted by Crippen LogP contribution is 2.28. The van der Waals surface area contributed by atoms with Gasteiger partial charge in [0.05, 0.1) is 5.57 Å². The van der Waals surface area contributed by atoms with Crippen molar-refractivity contribution in [2.75, 3.05) is 11.4 Å². The number of Topliss-reactive ketones (excluding diaryl/α,β-unsaturated/α-hetero) is 1. The number of para-hydroxylation sites is 1. The number of halogens is 3. The SMILES string of the molecule is CCCN(/C=C(\C(=O)C(F)(F)F)c1ccccc1)c1ccccc1. The number of benzene rings is 2. The van der Waals surface area contributed by atoms with Crippen molar-refractivity contribution in [1.29, 1.82) is 0 Å². The molecule has 2 aromatic rings. The number of ketones is 1. The second-order valence-electron chi connectivity index (χ2n) is 5.26. The van der Waals surface area contributed by atoms with E-state index < -0.39 is 12.0 Å². The molecule has 0 aliphatic heterocycles. The molecule has 0 radical (unpaired) electrons. The predicted octanol–water partition coefficient (Wildman–Crippen LogP) is 5.08. The smallest absolute Gasteiger partial charge is 0.347 e. The number of nitrogens with zero attached hydrogens (tertiary/aromatic N) is 1. The van der Waals surface area contributed by atoms with Gasteiger partial charge in [-0.3, -0.25) is 4.79 Å². The van der Waals surface area contributed by atoms with Crippen LogP contribution in [0.5, 0.6) is 0 Å². The summed E-state index contributed by atoms with van der Waals surface area (Å²) in [6, 6.07) is 17.0. The average molecular weight is 333 g/mol. The maximum absolute atomic E-state index is 13.0. The lowest BCUT2D eigenvalue weighted by Gasteiger charge is -2.22. The fraction of sp³-hybridized carbons (Fsp3) is 0.211. The summed E-state index contributed by atoms with van der Waals surface area (Å²) in [4.78, 5) is 13.6. The molecule has 0 spiro atoms. The highest BCUT2D eigenvalue weighted by atomic mass is 19.4. The van der Waals surface area contributed by atoms with Crippen LogP contribution in [0.1, 0.15) is 18.9 Å². The van der Waals surface area contributed by atoms with E-state index in [0.717, 1.165) is 12.1 Å². The molecule has 0 aliphatic rings. The van der Waals surface area contributed by atoms with Crippen molar-refractivity contribution in [2.45, 2.75) is 19.5 Å². The first-order chi connectivity index (χ1) is 11.4. The lowest BCUT2D eigenvalue weighted by atomic mass is 10.0. The first kappa shape index (κ1) is 17.8. The quantitative estimate of drug-likeness (QED) is 0.688. The Hall–Kier alpha value is -2.56. The number of carbonyl (C=O) groups excluding carboxylic acids is 1. The molecule has 0 fully saturated rings. The lowest BCUT2D eigenvalue weighted by molar-refractivity contribution is -0.164. The molecule has 126 valence electrons. The van der Waals surface area contributed by atoms with Crippen LogP contribution in [0.15, 0.2) is 66.9 Å². The van der Waals surface area contributed by atoms with Crippen molar-refractivity contribution in [3.05, 3.63) is 72.4 Å². The molecule has 0 atom stereocenters. The molecule has 2 nitrogen and oxygen atoms in total. The van der Waals surface area contributed by atoms with E-state index in [-0.39, 0.29) is 11.1 Å². The third kappa shape index (κ3) is 4.47. The summed E-state index contributed by atoms with van der Waals surface area (Å²) in [6.45, 7) is 2.43. The molecule has 0 N–H and O–H groups in total. The fourth-order valence-electron chi connectivity index (χ4n) is 2.32.